The van der Waals surface area contributed by atoms with Crippen molar-refractivity contribution in [2.45, 2.75) is 53.4 Å². The van der Waals surface area contributed by atoms with Crippen LogP contribution in [0.2, 0.25) is 0 Å². The minimum Gasteiger partial charge on any atom is -1.00 e. The molecule has 0 radical (unpaired) electrons. The van der Waals surface area contributed by atoms with Crippen LogP contribution in [0.4, 0.5) is 0 Å². The van der Waals surface area contributed by atoms with Gasteiger partial charge in [0, 0.05) is 0 Å². The maximum atomic E-state index is 2.41. The van der Waals surface area contributed by atoms with Crippen LogP contribution in [0.25, 0.3) is 21.5 Å². The first-order valence-corrected chi connectivity index (χ1v) is 15.9. The molecule has 4 aromatic rings. The Bertz CT molecular complexity index is 908. The number of hydrogen-bond acceptors (Lipinski definition) is 0. The Morgan fingerprint density at radius 3 is 1.14 bits per heavy atom. The van der Waals surface area contributed by atoms with E-state index in [9.17, 15) is 0 Å². The molecule has 0 aliphatic heterocycles. The Morgan fingerprint density at radius 2 is 0.857 bits per heavy atom. The van der Waals surface area contributed by atoms with Crippen LogP contribution in [-0.2, 0) is 25.8 Å². The van der Waals surface area contributed by atoms with E-state index in [1.807, 2.05) is 0 Å². The van der Waals surface area contributed by atoms with Crippen molar-refractivity contribution in [2.24, 2.45) is 0 Å². The molecule has 0 N–H and O–H groups in total. The zero-order chi connectivity index (χ0) is 22.8. The van der Waals surface area contributed by atoms with Crippen LogP contribution in [0.15, 0.2) is 72.8 Å². The average Bonchev–Trinajstić information content (AvgIpc) is 3.43. The van der Waals surface area contributed by atoms with Crippen molar-refractivity contribution in [3.63, 3.8) is 0 Å². The third-order valence-electron chi connectivity index (χ3n) is 5.91. The van der Waals surface area contributed by atoms with Crippen LogP contribution in [0.3, 0.4) is 0 Å². The molecule has 0 nitrogen and oxygen atoms in total. The Kier molecular flexibility index (Phi) is 18.1. The van der Waals surface area contributed by atoms with E-state index in [2.05, 4.69) is 100 Å². The maximum Gasteiger partial charge on any atom is 4.00 e. The molecule has 35 heavy (non-hydrogen) atoms. The largest absolute Gasteiger partial charge is 4.00 e. The summed E-state index contributed by atoms with van der Waals surface area (Å²) >= 11 is 0. The molecule has 0 aliphatic rings. The van der Waals surface area contributed by atoms with Gasteiger partial charge >= 0.3 is 25.8 Å². The minimum absolute atomic E-state index is 0. The van der Waals surface area contributed by atoms with Crippen LogP contribution in [0, 0.1) is 0 Å². The Morgan fingerprint density at radius 1 is 0.543 bits per heavy atom. The molecular weight excluding hydrogens is 639 g/mol. The smallest absolute Gasteiger partial charge is 1.00 e. The van der Waals surface area contributed by atoms with Crippen molar-refractivity contribution < 1.29 is 35.3 Å². The molecule has 0 saturated heterocycles. The van der Waals surface area contributed by atoms with E-state index < -0.39 is 0 Å². The quantitative estimate of drug-likeness (QED) is 0.138. The summed E-state index contributed by atoms with van der Waals surface area (Å²) < 4.78 is 0. The summed E-state index contributed by atoms with van der Waals surface area (Å²) in [6, 6.07) is 27.1. The Labute approximate surface area is 233 Å². The van der Waals surface area contributed by atoms with Gasteiger partial charge in [-0.25, -0.2) is 0 Å². The molecule has 0 bridgehead atoms. The van der Waals surface area contributed by atoms with Crippen molar-refractivity contribution >= 4 is 48.0 Å². The van der Waals surface area contributed by atoms with E-state index in [0.29, 0.717) is 0 Å². The van der Waals surface area contributed by atoms with Gasteiger partial charge in [0.1, 0.15) is 0 Å². The summed E-state index contributed by atoms with van der Waals surface area (Å²) in [5.41, 5.74) is 0. The van der Waals surface area contributed by atoms with Gasteiger partial charge in [0.25, 0.3) is 0 Å². The second kappa shape index (κ2) is 18.5. The first kappa shape index (κ1) is 34.3. The van der Waals surface area contributed by atoms with E-state index in [-0.39, 0.29) is 51.1 Å². The number of hydrogen-bond donors (Lipinski definition) is 0. The zero-order valence-corrected chi connectivity index (χ0v) is 27.1. The second-order valence-corrected chi connectivity index (χ2v) is 13.6. The summed E-state index contributed by atoms with van der Waals surface area (Å²) in [4.78, 5) is 0. The van der Waals surface area contributed by atoms with Crippen LogP contribution < -0.4 is 20.0 Å². The summed E-state index contributed by atoms with van der Waals surface area (Å²) in [5.74, 6) is 0. The fourth-order valence-electron chi connectivity index (χ4n) is 4.45. The molecular formula is C30H40F2HfP2. The van der Waals surface area contributed by atoms with Gasteiger partial charge in [-0.2, -0.15) is 12.1 Å². The molecule has 4 aromatic carbocycles. The SMILES string of the molecule is CCCP(CCC)c1cc2ccccc2[cH-]1.CCCP(CCC)c1cc2ccccc2[cH-]1.[F-].[F-].[Hf+4]. The number of fused-ring (bicyclic) bond motifs is 2. The predicted octanol–water partition coefficient (Wildman–Crippen LogP) is 2.98. The molecule has 0 saturated carbocycles. The van der Waals surface area contributed by atoms with Crippen molar-refractivity contribution in [1.82, 2.24) is 0 Å². The fraction of sp³-hybridized carbons (Fsp3) is 0.400. The molecule has 0 amide bonds. The maximum absolute atomic E-state index is 2.41. The van der Waals surface area contributed by atoms with Gasteiger partial charge in [0.05, 0.1) is 0 Å². The molecule has 0 atom stereocenters. The second-order valence-electron chi connectivity index (χ2n) is 8.66. The van der Waals surface area contributed by atoms with Crippen LogP contribution in [-0.4, -0.2) is 24.6 Å². The third-order valence-corrected chi connectivity index (χ3v) is 11.8. The van der Waals surface area contributed by atoms with Gasteiger partial charge in [-0.05, 0) is 24.6 Å². The van der Waals surface area contributed by atoms with Crippen LogP contribution >= 0.6 is 15.8 Å². The zero-order valence-electron chi connectivity index (χ0n) is 21.7. The van der Waals surface area contributed by atoms with Crippen molar-refractivity contribution in [3.05, 3.63) is 72.8 Å². The molecule has 0 fully saturated rings. The normalized spacial score (nSPS) is 10.5. The van der Waals surface area contributed by atoms with E-state index in [0.717, 1.165) is 0 Å². The van der Waals surface area contributed by atoms with Gasteiger partial charge in [0.15, 0.2) is 0 Å². The molecule has 0 aliphatic carbocycles. The van der Waals surface area contributed by atoms with Crippen LogP contribution in [0.1, 0.15) is 53.4 Å². The summed E-state index contributed by atoms with van der Waals surface area (Å²) in [5, 5.41) is 8.88. The minimum atomic E-state index is 0. The van der Waals surface area contributed by atoms with Gasteiger partial charge in [-0.15, -0.1) is 80.7 Å². The average molecular weight is 679 g/mol. The monoisotopic (exact) mass is 680 g/mol. The number of benzene rings is 2. The van der Waals surface area contributed by atoms with E-state index >= 15 is 0 Å². The summed E-state index contributed by atoms with van der Waals surface area (Å²) in [6.07, 6.45) is 10.8. The predicted molar refractivity (Wildman–Crippen MR) is 153 cm³/mol. The molecule has 5 heteroatoms. The van der Waals surface area contributed by atoms with Gasteiger partial charge in [-0.1, -0.05) is 81.4 Å². The fourth-order valence-corrected chi connectivity index (χ4v) is 9.38. The molecule has 0 unspecified atom stereocenters. The summed E-state index contributed by atoms with van der Waals surface area (Å²) in [7, 11) is 0.194. The van der Waals surface area contributed by atoms with E-state index in [4.69, 9.17) is 0 Å². The first-order valence-electron chi connectivity index (χ1n) is 12.5. The molecule has 0 aromatic heterocycles. The van der Waals surface area contributed by atoms with Crippen molar-refractivity contribution in [1.29, 1.82) is 0 Å². The topological polar surface area (TPSA) is 0 Å². The molecule has 0 spiro atoms. The molecule has 4 rings (SSSR count). The standard InChI is InChI=1S/2C15H20P.2FH.Hf/c2*1-3-9-16(10-4-2)15-11-13-7-5-6-8-14(13)12-15;;;/h2*5-8,11-12H,3-4,9-10H2,1-2H3;2*1H;/q2*-1;;;+4/p-2. The number of rotatable bonds is 10. The van der Waals surface area contributed by atoms with Crippen molar-refractivity contribution in [3.8, 4) is 0 Å². The molecule has 188 valence electrons. The third kappa shape index (κ3) is 9.91. The summed E-state index contributed by atoms with van der Waals surface area (Å²) in [6.45, 7) is 9.20. The molecule has 0 heterocycles. The van der Waals surface area contributed by atoms with Gasteiger partial charge in [0.2, 0.25) is 0 Å². The Hall–Kier alpha value is -0.750. The van der Waals surface area contributed by atoms with E-state index in [1.165, 1.54) is 71.9 Å². The van der Waals surface area contributed by atoms with Gasteiger partial charge in [-0.3, -0.25) is 0 Å². The Balaban J connectivity index is 0.000000608. The van der Waals surface area contributed by atoms with Crippen LogP contribution in [0.5, 0.6) is 0 Å². The van der Waals surface area contributed by atoms with Gasteiger partial charge < -0.3 is 9.41 Å². The van der Waals surface area contributed by atoms with E-state index in [1.54, 1.807) is 10.6 Å². The van der Waals surface area contributed by atoms with Crippen molar-refractivity contribution in [2.75, 3.05) is 24.6 Å². The first-order chi connectivity index (χ1) is 15.7. The number of halogens is 2.